The van der Waals surface area contributed by atoms with Crippen molar-refractivity contribution in [3.05, 3.63) is 125 Å². The number of fused-ring (bicyclic) bond motifs is 1. The second-order valence-electron chi connectivity index (χ2n) is 7.33. The summed E-state index contributed by atoms with van der Waals surface area (Å²) in [4.78, 5) is 10.7. The molecule has 0 unspecified atom stereocenters. The fourth-order valence-electron chi connectivity index (χ4n) is 3.49. The van der Waals surface area contributed by atoms with E-state index in [1.165, 1.54) is 28.0 Å². The van der Waals surface area contributed by atoms with Gasteiger partial charge in [0.2, 0.25) is 0 Å². The number of halogens is 1. The van der Waals surface area contributed by atoms with Gasteiger partial charge in [0.05, 0.1) is 5.56 Å². The highest BCUT2D eigenvalue weighted by atomic mass is 79.9. The Morgan fingerprint density at radius 1 is 0.562 bits per heavy atom. The van der Waals surface area contributed by atoms with Crippen LogP contribution in [0.5, 0.6) is 5.75 Å². The molecule has 0 amide bonds. The van der Waals surface area contributed by atoms with E-state index >= 15 is 0 Å². The second-order valence-corrected chi connectivity index (χ2v) is 8.25. The molecule has 0 heterocycles. The third-order valence-electron chi connectivity index (χ3n) is 5.17. The maximum absolute atomic E-state index is 10.7. The Morgan fingerprint density at radius 3 is 1.72 bits per heavy atom. The largest absolute Gasteiger partial charge is 0.507 e. The molecule has 0 fully saturated rings. The van der Waals surface area contributed by atoms with Crippen LogP contribution in [0.25, 0.3) is 33.0 Å². The summed E-state index contributed by atoms with van der Waals surface area (Å²) in [6.07, 6.45) is 0.655. The Morgan fingerprint density at radius 2 is 1.09 bits per heavy atom. The van der Waals surface area contributed by atoms with E-state index in [0.29, 0.717) is 11.8 Å². The molecule has 32 heavy (non-hydrogen) atoms. The van der Waals surface area contributed by atoms with Gasteiger partial charge in [-0.15, -0.1) is 0 Å². The van der Waals surface area contributed by atoms with Gasteiger partial charge >= 0.3 is 0 Å². The van der Waals surface area contributed by atoms with Crippen LogP contribution in [0.15, 0.2) is 120 Å². The van der Waals surface area contributed by atoms with Crippen LogP contribution in [-0.2, 0) is 0 Å². The molecule has 0 aromatic heterocycles. The molecule has 0 spiro atoms. The minimum Gasteiger partial charge on any atom is -0.507 e. The van der Waals surface area contributed by atoms with Crippen LogP contribution in [0.3, 0.4) is 0 Å². The fourth-order valence-corrected chi connectivity index (χ4v) is 3.86. The molecule has 156 valence electrons. The van der Waals surface area contributed by atoms with Crippen molar-refractivity contribution < 1.29 is 9.90 Å². The predicted octanol–water partition coefficient (Wildman–Crippen LogP) is 8.14. The molecule has 1 N–H and O–H groups in total. The van der Waals surface area contributed by atoms with E-state index in [9.17, 15) is 9.90 Å². The molecule has 0 radical (unpaired) electrons. The number of phenols is 1. The molecule has 2 nitrogen and oxygen atoms in total. The summed E-state index contributed by atoms with van der Waals surface area (Å²) in [5.74, 6) is 0.0182. The first-order chi connectivity index (χ1) is 15.6. The van der Waals surface area contributed by atoms with Crippen LogP contribution < -0.4 is 0 Å². The van der Waals surface area contributed by atoms with Gasteiger partial charge in [-0.25, -0.2) is 0 Å². The first-order valence-corrected chi connectivity index (χ1v) is 11.0. The molecule has 3 heteroatoms. The summed E-state index contributed by atoms with van der Waals surface area (Å²) >= 11 is 3.50. The molecular weight excluding hydrogens is 460 g/mol. The van der Waals surface area contributed by atoms with Crippen LogP contribution >= 0.6 is 15.9 Å². The molecule has 0 saturated heterocycles. The van der Waals surface area contributed by atoms with Crippen LogP contribution in [0.4, 0.5) is 0 Å². The van der Waals surface area contributed by atoms with Gasteiger partial charge in [-0.05, 0) is 63.4 Å². The molecule has 0 aliphatic heterocycles. The Labute approximate surface area is 195 Å². The summed E-state index contributed by atoms with van der Waals surface area (Å²) in [5, 5.41) is 11.9. The summed E-state index contributed by atoms with van der Waals surface area (Å²) in [6.45, 7) is 0. The standard InChI is InChI=1S/C16H11Br.C13H10O2/c17-16-9-8-14-10-13(6-7-15(14)11-16)12-4-2-1-3-5-12;14-9-12-8-11(6-7-13(12)15)10-4-2-1-3-5-10/h1-11H;1-9,15H. The zero-order valence-electron chi connectivity index (χ0n) is 17.3. The number of carbonyl (C=O) groups is 1. The minimum absolute atomic E-state index is 0.0182. The number of benzene rings is 5. The summed E-state index contributed by atoms with van der Waals surface area (Å²) in [7, 11) is 0. The summed E-state index contributed by atoms with van der Waals surface area (Å²) < 4.78 is 1.12. The van der Waals surface area contributed by atoms with Crippen molar-refractivity contribution in [3.8, 4) is 28.0 Å². The fraction of sp³-hybridized carbons (Fsp3) is 0. The van der Waals surface area contributed by atoms with Gasteiger partial charge in [0.15, 0.2) is 6.29 Å². The third kappa shape index (κ3) is 5.13. The minimum atomic E-state index is 0.0182. The van der Waals surface area contributed by atoms with Crippen LogP contribution in [0.2, 0.25) is 0 Å². The number of rotatable bonds is 3. The van der Waals surface area contributed by atoms with Gasteiger partial charge in [-0.3, -0.25) is 4.79 Å². The second kappa shape index (κ2) is 10.1. The average molecular weight is 481 g/mol. The van der Waals surface area contributed by atoms with Crippen molar-refractivity contribution in [3.63, 3.8) is 0 Å². The molecule has 0 bridgehead atoms. The third-order valence-corrected chi connectivity index (χ3v) is 5.66. The molecule has 5 aromatic carbocycles. The van der Waals surface area contributed by atoms with Gasteiger partial charge in [-0.1, -0.05) is 101 Å². The molecule has 0 aliphatic carbocycles. The van der Waals surface area contributed by atoms with Crippen molar-refractivity contribution >= 4 is 33.0 Å². The monoisotopic (exact) mass is 480 g/mol. The number of carbonyl (C=O) groups excluding carboxylic acids is 1. The highest BCUT2D eigenvalue weighted by Crippen LogP contribution is 2.26. The predicted molar refractivity (Wildman–Crippen MR) is 136 cm³/mol. The van der Waals surface area contributed by atoms with Gasteiger partial charge in [0.1, 0.15) is 5.75 Å². The van der Waals surface area contributed by atoms with E-state index in [1.807, 2.05) is 36.4 Å². The van der Waals surface area contributed by atoms with E-state index in [-0.39, 0.29) is 5.75 Å². The lowest BCUT2D eigenvalue weighted by molar-refractivity contribution is 0.112. The number of hydrogen-bond donors (Lipinski definition) is 1. The molecule has 5 rings (SSSR count). The van der Waals surface area contributed by atoms with Crippen LogP contribution in [0.1, 0.15) is 10.4 Å². The number of aromatic hydroxyl groups is 1. The zero-order valence-corrected chi connectivity index (χ0v) is 18.9. The SMILES string of the molecule is Brc1ccc2cc(-c3ccccc3)ccc2c1.O=Cc1cc(-c2ccccc2)ccc1O. The maximum atomic E-state index is 10.7. The van der Waals surface area contributed by atoms with Crippen molar-refractivity contribution in [1.29, 1.82) is 0 Å². The lowest BCUT2D eigenvalue weighted by atomic mass is 10.0. The lowest BCUT2D eigenvalue weighted by Crippen LogP contribution is -1.83. The first-order valence-electron chi connectivity index (χ1n) is 10.2. The average Bonchev–Trinajstić information content (AvgIpc) is 2.85. The Bertz CT molecular complexity index is 1350. The molecule has 0 saturated carbocycles. The number of phenolic OH excluding ortho intramolecular Hbond substituents is 1. The van der Waals surface area contributed by atoms with Crippen LogP contribution in [-0.4, -0.2) is 11.4 Å². The van der Waals surface area contributed by atoms with Gasteiger partial charge in [-0.2, -0.15) is 0 Å². The van der Waals surface area contributed by atoms with E-state index in [0.717, 1.165) is 15.6 Å². The smallest absolute Gasteiger partial charge is 0.153 e. The number of hydrogen-bond acceptors (Lipinski definition) is 2. The number of aldehydes is 1. The summed E-state index contributed by atoms with van der Waals surface area (Å²) in [6, 6.07) is 38.1. The van der Waals surface area contributed by atoms with Gasteiger partial charge in [0.25, 0.3) is 0 Å². The Balaban J connectivity index is 0.000000155. The Hall–Kier alpha value is -3.69. The van der Waals surface area contributed by atoms with E-state index < -0.39 is 0 Å². The normalized spacial score (nSPS) is 10.3. The quantitative estimate of drug-likeness (QED) is 0.264. The van der Waals surface area contributed by atoms with Gasteiger partial charge in [0, 0.05) is 4.47 Å². The van der Waals surface area contributed by atoms with Gasteiger partial charge < -0.3 is 5.11 Å². The molecular formula is C29H21BrO2. The Kier molecular flexibility index (Phi) is 6.78. The highest BCUT2D eigenvalue weighted by molar-refractivity contribution is 9.10. The van der Waals surface area contributed by atoms with E-state index in [1.54, 1.807) is 12.1 Å². The van der Waals surface area contributed by atoms with Crippen molar-refractivity contribution in [2.24, 2.45) is 0 Å². The lowest BCUT2D eigenvalue weighted by Gasteiger charge is -2.04. The summed E-state index contributed by atoms with van der Waals surface area (Å²) in [5.41, 5.74) is 4.80. The molecule has 0 aliphatic rings. The van der Waals surface area contributed by atoms with E-state index in [2.05, 4.69) is 76.6 Å². The maximum Gasteiger partial charge on any atom is 0.153 e. The van der Waals surface area contributed by atoms with Crippen LogP contribution in [0, 0.1) is 0 Å². The van der Waals surface area contributed by atoms with E-state index in [4.69, 9.17) is 0 Å². The zero-order chi connectivity index (χ0) is 22.3. The van der Waals surface area contributed by atoms with Crippen molar-refractivity contribution in [2.45, 2.75) is 0 Å². The van der Waals surface area contributed by atoms with Crippen molar-refractivity contribution in [1.82, 2.24) is 0 Å². The highest BCUT2D eigenvalue weighted by Gasteiger charge is 2.03. The first kappa shape index (κ1) is 21.5. The molecule has 0 atom stereocenters. The van der Waals surface area contributed by atoms with Crippen molar-refractivity contribution in [2.75, 3.05) is 0 Å². The topological polar surface area (TPSA) is 37.3 Å². The molecule has 5 aromatic rings.